The van der Waals surface area contributed by atoms with Crippen molar-refractivity contribution in [3.8, 4) is 11.5 Å². The summed E-state index contributed by atoms with van der Waals surface area (Å²) in [6, 6.07) is 22.7. The van der Waals surface area contributed by atoms with Crippen molar-refractivity contribution in [2.45, 2.75) is 0 Å². The van der Waals surface area contributed by atoms with E-state index in [-0.39, 0.29) is 5.91 Å². The van der Waals surface area contributed by atoms with Gasteiger partial charge < -0.3 is 4.74 Å². The van der Waals surface area contributed by atoms with Crippen molar-refractivity contribution in [3.63, 3.8) is 0 Å². The fourth-order valence-corrected chi connectivity index (χ4v) is 4.48. The van der Waals surface area contributed by atoms with Crippen LogP contribution in [-0.2, 0) is 0 Å². The molecule has 0 saturated carbocycles. The highest BCUT2D eigenvalue weighted by atomic mass is 79.9. The van der Waals surface area contributed by atoms with Crippen molar-refractivity contribution in [1.29, 1.82) is 0 Å². The fraction of sp³-hybridized carbons (Fsp3) is 0. The van der Waals surface area contributed by atoms with Crippen LogP contribution in [-0.4, -0.2) is 12.1 Å². The van der Waals surface area contributed by atoms with Crippen LogP contribution in [0.25, 0.3) is 10.1 Å². The Bertz CT molecular complexity index is 1210. The smallest absolute Gasteiger partial charge is 0.283 e. The van der Waals surface area contributed by atoms with Gasteiger partial charge in [0.25, 0.3) is 5.91 Å². The van der Waals surface area contributed by atoms with Crippen LogP contribution in [0.1, 0.15) is 15.2 Å². The molecule has 0 saturated heterocycles. The van der Waals surface area contributed by atoms with E-state index in [2.05, 4.69) is 26.5 Å². The zero-order valence-electron chi connectivity index (χ0n) is 14.9. The number of benzene rings is 3. The first-order valence-electron chi connectivity index (χ1n) is 8.64. The number of ether oxygens (including phenoxy) is 1. The number of hydrogen-bond acceptors (Lipinski definition) is 4. The van der Waals surface area contributed by atoms with Crippen molar-refractivity contribution in [2.24, 2.45) is 5.10 Å². The first-order chi connectivity index (χ1) is 14.1. The SMILES string of the molecule is O=C(N/N=C/c1cccc(Br)c1)c1sc2ccc(Oc3ccccc3)cc2c1Cl. The summed E-state index contributed by atoms with van der Waals surface area (Å²) in [5.41, 5.74) is 3.40. The molecule has 3 aromatic carbocycles. The Morgan fingerprint density at radius 3 is 2.66 bits per heavy atom. The van der Waals surface area contributed by atoms with E-state index >= 15 is 0 Å². The molecule has 1 aromatic heterocycles. The lowest BCUT2D eigenvalue weighted by atomic mass is 10.2. The summed E-state index contributed by atoms with van der Waals surface area (Å²) >= 11 is 11.2. The molecule has 0 unspecified atom stereocenters. The van der Waals surface area contributed by atoms with Gasteiger partial charge in [-0.1, -0.05) is 57.9 Å². The number of nitrogens with zero attached hydrogens (tertiary/aromatic N) is 1. The van der Waals surface area contributed by atoms with Gasteiger partial charge >= 0.3 is 0 Å². The highest BCUT2D eigenvalue weighted by Gasteiger charge is 2.17. The number of amides is 1. The number of carbonyl (C=O) groups excluding carboxylic acids is 1. The molecule has 0 aliphatic rings. The van der Waals surface area contributed by atoms with Gasteiger partial charge in [-0.15, -0.1) is 11.3 Å². The van der Waals surface area contributed by atoms with Crippen molar-refractivity contribution < 1.29 is 9.53 Å². The predicted molar refractivity (Wildman–Crippen MR) is 123 cm³/mol. The Balaban J connectivity index is 1.53. The molecule has 0 radical (unpaired) electrons. The van der Waals surface area contributed by atoms with Crippen molar-refractivity contribution in [2.75, 3.05) is 0 Å². The maximum absolute atomic E-state index is 12.5. The molecule has 1 N–H and O–H groups in total. The molecule has 0 bridgehead atoms. The average Bonchev–Trinajstić information content (AvgIpc) is 3.05. The number of hydrazone groups is 1. The third-order valence-corrected chi connectivity index (χ3v) is 6.18. The summed E-state index contributed by atoms with van der Waals surface area (Å²) in [6.45, 7) is 0. The molecule has 0 aliphatic carbocycles. The van der Waals surface area contributed by atoms with Crippen LogP contribution < -0.4 is 10.2 Å². The lowest BCUT2D eigenvalue weighted by Crippen LogP contribution is -2.16. The molecule has 0 spiro atoms. The molecule has 4 aromatic rings. The van der Waals surface area contributed by atoms with Crippen LogP contribution >= 0.6 is 38.9 Å². The number of carbonyl (C=O) groups is 1. The van der Waals surface area contributed by atoms with E-state index < -0.39 is 0 Å². The Morgan fingerprint density at radius 1 is 1.03 bits per heavy atom. The zero-order valence-corrected chi connectivity index (χ0v) is 18.1. The topological polar surface area (TPSA) is 50.7 Å². The molecule has 4 rings (SSSR count). The highest BCUT2D eigenvalue weighted by Crippen LogP contribution is 2.38. The van der Waals surface area contributed by atoms with Crippen molar-refractivity contribution in [1.82, 2.24) is 5.43 Å². The summed E-state index contributed by atoms with van der Waals surface area (Å²) in [7, 11) is 0. The van der Waals surface area contributed by atoms with Gasteiger partial charge in [0.15, 0.2) is 0 Å². The largest absolute Gasteiger partial charge is 0.457 e. The molecule has 0 aliphatic heterocycles. The lowest BCUT2D eigenvalue weighted by molar-refractivity contribution is 0.0959. The highest BCUT2D eigenvalue weighted by molar-refractivity contribution is 9.10. The van der Waals surface area contributed by atoms with Crippen LogP contribution in [0, 0.1) is 0 Å². The monoisotopic (exact) mass is 484 g/mol. The molecule has 29 heavy (non-hydrogen) atoms. The van der Waals surface area contributed by atoms with E-state index in [9.17, 15) is 4.79 Å². The maximum atomic E-state index is 12.5. The van der Waals surface area contributed by atoms with Crippen molar-refractivity contribution in [3.05, 3.63) is 92.7 Å². The van der Waals surface area contributed by atoms with Crippen LogP contribution in [0.3, 0.4) is 0 Å². The normalized spacial score (nSPS) is 11.1. The molecule has 1 heterocycles. The van der Waals surface area contributed by atoms with Gasteiger partial charge in [0, 0.05) is 14.6 Å². The van der Waals surface area contributed by atoms with Gasteiger partial charge in [-0.3, -0.25) is 4.79 Å². The summed E-state index contributed by atoms with van der Waals surface area (Å²) in [5, 5.41) is 5.18. The molecular formula is C22H14BrClN2O2S. The number of thiophene rings is 1. The van der Waals surface area contributed by atoms with Crippen LogP contribution in [0.5, 0.6) is 11.5 Å². The van der Waals surface area contributed by atoms with Crippen molar-refractivity contribution >= 4 is 61.1 Å². The molecule has 7 heteroatoms. The van der Waals surface area contributed by atoms with Crippen LogP contribution in [0.15, 0.2) is 82.4 Å². The molecule has 144 valence electrons. The minimum absolute atomic E-state index is 0.354. The van der Waals surface area contributed by atoms with E-state index in [0.717, 1.165) is 25.9 Å². The number of rotatable bonds is 5. The Morgan fingerprint density at radius 2 is 1.86 bits per heavy atom. The summed E-state index contributed by atoms with van der Waals surface area (Å²) in [5.74, 6) is 1.04. The van der Waals surface area contributed by atoms with Crippen LogP contribution in [0.2, 0.25) is 5.02 Å². The third kappa shape index (κ3) is 4.67. The maximum Gasteiger partial charge on any atom is 0.283 e. The van der Waals surface area contributed by atoms with E-state index in [1.54, 1.807) is 6.21 Å². The number of para-hydroxylation sites is 1. The zero-order chi connectivity index (χ0) is 20.2. The Kier molecular flexibility index (Phi) is 5.94. The number of halogens is 2. The number of nitrogens with one attached hydrogen (secondary N) is 1. The van der Waals surface area contributed by atoms with Gasteiger partial charge in [-0.05, 0) is 48.0 Å². The molecule has 1 amide bonds. The standard InChI is InChI=1S/C22H14BrClN2O2S/c23-15-6-4-5-14(11-15)13-25-26-22(27)21-20(24)18-12-17(9-10-19(18)29-21)28-16-7-2-1-3-8-16/h1-13H,(H,26,27)/b25-13+. The molecule has 4 nitrogen and oxygen atoms in total. The quantitative estimate of drug-likeness (QED) is 0.248. The predicted octanol–water partition coefficient (Wildman–Crippen LogP) is 6.87. The second kappa shape index (κ2) is 8.78. The second-order valence-electron chi connectivity index (χ2n) is 6.07. The average molecular weight is 486 g/mol. The number of fused-ring (bicyclic) bond motifs is 1. The Labute approximate surface area is 184 Å². The first-order valence-corrected chi connectivity index (χ1v) is 10.6. The van der Waals surface area contributed by atoms with Gasteiger partial charge in [0.2, 0.25) is 0 Å². The summed E-state index contributed by atoms with van der Waals surface area (Å²) < 4.78 is 7.69. The molecular weight excluding hydrogens is 472 g/mol. The first kappa shape index (κ1) is 19.6. The van der Waals surface area contributed by atoms with Gasteiger partial charge in [0.05, 0.1) is 11.2 Å². The molecule has 0 atom stereocenters. The summed E-state index contributed by atoms with van der Waals surface area (Å²) in [6.07, 6.45) is 1.58. The third-order valence-electron chi connectivity index (χ3n) is 4.01. The minimum Gasteiger partial charge on any atom is -0.457 e. The minimum atomic E-state index is -0.354. The molecule has 0 fully saturated rings. The lowest BCUT2D eigenvalue weighted by Gasteiger charge is -2.05. The van der Waals surface area contributed by atoms with Gasteiger partial charge in [-0.25, -0.2) is 5.43 Å². The van der Waals surface area contributed by atoms with Gasteiger partial charge in [-0.2, -0.15) is 5.10 Å². The van der Waals surface area contributed by atoms with E-state index in [0.29, 0.717) is 15.6 Å². The number of hydrogen-bond donors (Lipinski definition) is 1. The summed E-state index contributed by atoms with van der Waals surface area (Å²) in [4.78, 5) is 12.9. The fourth-order valence-electron chi connectivity index (χ4n) is 2.68. The van der Waals surface area contributed by atoms with E-state index in [4.69, 9.17) is 16.3 Å². The van der Waals surface area contributed by atoms with E-state index in [1.807, 2.05) is 72.8 Å². The second-order valence-corrected chi connectivity index (χ2v) is 8.42. The Hall–Kier alpha value is -2.67. The van der Waals surface area contributed by atoms with Gasteiger partial charge in [0.1, 0.15) is 16.4 Å². The van der Waals surface area contributed by atoms with E-state index in [1.165, 1.54) is 11.3 Å². The van der Waals surface area contributed by atoms with Crippen LogP contribution in [0.4, 0.5) is 0 Å².